The van der Waals surface area contributed by atoms with E-state index in [1.807, 2.05) is 52.8 Å². The molecule has 1 aromatic heterocycles. The average Bonchev–Trinajstić information content (AvgIpc) is 2.40. The molecule has 0 bridgehead atoms. The molecule has 0 aliphatic carbocycles. The van der Waals surface area contributed by atoms with Crippen LogP contribution in [0.2, 0.25) is 0 Å². The Labute approximate surface area is 138 Å². The molecule has 1 rings (SSSR count). The summed E-state index contributed by atoms with van der Waals surface area (Å²) in [5, 5.41) is 2.65. The van der Waals surface area contributed by atoms with Gasteiger partial charge in [0.1, 0.15) is 11.4 Å². The van der Waals surface area contributed by atoms with E-state index >= 15 is 0 Å². The molecule has 0 aromatic carbocycles. The van der Waals surface area contributed by atoms with Crippen LogP contribution in [-0.4, -0.2) is 43.1 Å². The number of carbonyl (C=O) groups excluding carboxylic acids is 2. The molecule has 0 aliphatic heterocycles. The molecule has 0 saturated carbocycles. The number of aryl methyl sites for hydroxylation is 1. The van der Waals surface area contributed by atoms with E-state index < -0.39 is 11.7 Å². The van der Waals surface area contributed by atoms with Gasteiger partial charge in [0.15, 0.2) is 5.78 Å². The molecule has 6 heteroatoms. The Balaban J connectivity index is 2.43. The van der Waals surface area contributed by atoms with Crippen LogP contribution in [0.3, 0.4) is 0 Å². The maximum absolute atomic E-state index is 12.2. The number of rotatable bonds is 6. The van der Waals surface area contributed by atoms with Gasteiger partial charge in [-0.05, 0) is 45.7 Å². The molecule has 1 aromatic rings. The number of carbonyl (C=O) groups is 2. The monoisotopic (exact) mass is 321 g/mol. The third-order valence-electron chi connectivity index (χ3n) is 3.05. The van der Waals surface area contributed by atoms with Gasteiger partial charge in [0.05, 0.1) is 0 Å². The summed E-state index contributed by atoms with van der Waals surface area (Å²) in [6.45, 7) is 7.76. The Morgan fingerprint density at radius 1 is 1.30 bits per heavy atom. The van der Waals surface area contributed by atoms with Gasteiger partial charge in [-0.15, -0.1) is 0 Å². The summed E-state index contributed by atoms with van der Waals surface area (Å²) in [6, 6.07) is 1.85. The zero-order chi connectivity index (χ0) is 17.6. The van der Waals surface area contributed by atoms with Gasteiger partial charge in [-0.3, -0.25) is 4.79 Å². The van der Waals surface area contributed by atoms with Crippen molar-refractivity contribution in [2.75, 3.05) is 25.5 Å². The van der Waals surface area contributed by atoms with Gasteiger partial charge in [-0.1, -0.05) is 0 Å². The molecule has 0 fully saturated rings. The predicted molar refractivity (Wildman–Crippen MR) is 91.1 cm³/mol. The molecule has 0 unspecified atom stereocenters. The van der Waals surface area contributed by atoms with Gasteiger partial charge in [-0.25, -0.2) is 9.78 Å². The fraction of sp³-hybridized carbons (Fsp3) is 0.588. The van der Waals surface area contributed by atoms with Crippen LogP contribution in [-0.2, 0) is 4.74 Å². The minimum atomic E-state index is -0.517. The lowest BCUT2D eigenvalue weighted by Crippen LogP contribution is -2.33. The second kappa shape index (κ2) is 7.94. The Morgan fingerprint density at radius 3 is 2.48 bits per heavy atom. The van der Waals surface area contributed by atoms with Crippen molar-refractivity contribution in [2.24, 2.45) is 0 Å². The lowest BCUT2D eigenvalue weighted by molar-refractivity contribution is 0.0525. The van der Waals surface area contributed by atoms with Crippen molar-refractivity contribution in [3.8, 4) is 0 Å². The number of anilines is 1. The topological polar surface area (TPSA) is 71.5 Å². The highest BCUT2D eigenvalue weighted by atomic mass is 16.6. The molecule has 0 aliphatic rings. The number of ketones is 1. The molecule has 0 atom stereocenters. The van der Waals surface area contributed by atoms with Gasteiger partial charge in [0.2, 0.25) is 0 Å². The average molecular weight is 321 g/mol. The Bertz CT molecular complexity index is 563. The van der Waals surface area contributed by atoms with Crippen molar-refractivity contribution in [3.05, 3.63) is 23.4 Å². The maximum atomic E-state index is 12.2. The van der Waals surface area contributed by atoms with E-state index in [-0.39, 0.29) is 5.78 Å². The Kier molecular flexibility index (Phi) is 6.54. The van der Waals surface area contributed by atoms with Crippen molar-refractivity contribution in [1.29, 1.82) is 0 Å². The zero-order valence-electron chi connectivity index (χ0n) is 14.9. The number of alkyl carbamates (subject to hydrolysis) is 1. The predicted octanol–water partition coefficient (Wildman–Crippen LogP) is 2.94. The smallest absolute Gasteiger partial charge is 0.407 e. The van der Waals surface area contributed by atoms with Crippen LogP contribution in [0.15, 0.2) is 12.3 Å². The first-order chi connectivity index (χ1) is 10.6. The zero-order valence-corrected chi connectivity index (χ0v) is 14.9. The normalized spacial score (nSPS) is 11.0. The van der Waals surface area contributed by atoms with Crippen LogP contribution in [0.5, 0.6) is 0 Å². The highest BCUT2D eigenvalue weighted by molar-refractivity contribution is 5.96. The van der Waals surface area contributed by atoms with Crippen molar-refractivity contribution in [3.63, 3.8) is 0 Å². The van der Waals surface area contributed by atoms with Crippen LogP contribution in [0.25, 0.3) is 0 Å². The van der Waals surface area contributed by atoms with Gasteiger partial charge >= 0.3 is 6.09 Å². The lowest BCUT2D eigenvalue weighted by atomic mass is 10.1. The molecule has 1 heterocycles. The van der Waals surface area contributed by atoms with E-state index in [4.69, 9.17) is 4.74 Å². The summed E-state index contributed by atoms with van der Waals surface area (Å²) >= 11 is 0. The van der Waals surface area contributed by atoms with E-state index in [9.17, 15) is 9.59 Å². The van der Waals surface area contributed by atoms with Crippen LogP contribution in [0.1, 0.15) is 49.5 Å². The number of amides is 1. The van der Waals surface area contributed by atoms with Gasteiger partial charge in [0, 0.05) is 38.8 Å². The van der Waals surface area contributed by atoms with Crippen LogP contribution in [0.4, 0.5) is 10.6 Å². The van der Waals surface area contributed by atoms with Crippen LogP contribution in [0, 0.1) is 6.92 Å². The third-order valence-corrected chi connectivity index (χ3v) is 3.05. The largest absolute Gasteiger partial charge is 0.444 e. The summed E-state index contributed by atoms with van der Waals surface area (Å²) < 4.78 is 5.13. The summed E-state index contributed by atoms with van der Waals surface area (Å²) in [7, 11) is 3.83. The van der Waals surface area contributed by atoms with E-state index in [0.717, 1.165) is 11.4 Å². The number of pyridine rings is 1. The summed E-state index contributed by atoms with van der Waals surface area (Å²) in [4.78, 5) is 29.9. The van der Waals surface area contributed by atoms with Gasteiger partial charge in [-0.2, -0.15) is 0 Å². The standard InChI is InChI=1S/C17H27N3O3/c1-12-10-13(11-19-15(12)20(5)6)14(21)8-7-9-18-16(22)23-17(2,3)4/h10-11H,7-9H2,1-6H3,(H,18,22). The number of nitrogens with one attached hydrogen (secondary N) is 1. The number of nitrogens with zero attached hydrogens (tertiary/aromatic N) is 2. The van der Waals surface area contributed by atoms with Gasteiger partial charge < -0.3 is 15.0 Å². The van der Waals surface area contributed by atoms with Gasteiger partial charge in [0.25, 0.3) is 0 Å². The van der Waals surface area contributed by atoms with E-state index in [1.165, 1.54) is 0 Å². The Hall–Kier alpha value is -2.11. The highest BCUT2D eigenvalue weighted by Gasteiger charge is 2.16. The fourth-order valence-electron chi connectivity index (χ4n) is 2.09. The quantitative estimate of drug-likeness (QED) is 0.644. The molecule has 1 amide bonds. The second-order valence-electron chi connectivity index (χ2n) is 6.71. The Morgan fingerprint density at radius 2 is 1.96 bits per heavy atom. The fourth-order valence-corrected chi connectivity index (χ4v) is 2.09. The summed E-state index contributed by atoms with van der Waals surface area (Å²) in [5.74, 6) is 0.880. The maximum Gasteiger partial charge on any atom is 0.407 e. The molecule has 1 N–H and O–H groups in total. The first-order valence-corrected chi connectivity index (χ1v) is 7.74. The minimum Gasteiger partial charge on any atom is -0.444 e. The van der Waals surface area contributed by atoms with Crippen molar-refractivity contribution < 1.29 is 14.3 Å². The number of aromatic nitrogens is 1. The van der Waals surface area contributed by atoms with Crippen LogP contribution >= 0.6 is 0 Å². The highest BCUT2D eigenvalue weighted by Crippen LogP contribution is 2.16. The molecular weight excluding hydrogens is 294 g/mol. The minimum absolute atomic E-state index is 0.0249. The number of Topliss-reactive ketones (excluding diaryl/α,β-unsaturated/α-hetero) is 1. The van der Waals surface area contributed by atoms with E-state index in [1.54, 1.807) is 6.20 Å². The molecular formula is C17H27N3O3. The first kappa shape index (κ1) is 18.9. The van der Waals surface area contributed by atoms with Crippen molar-refractivity contribution in [2.45, 2.75) is 46.1 Å². The first-order valence-electron chi connectivity index (χ1n) is 7.74. The summed E-state index contributed by atoms with van der Waals surface area (Å²) in [6.07, 6.45) is 2.06. The third kappa shape index (κ3) is 6.67. The van der Waals surface area contributed by atoms with E-state index in [0.29, 0.717) is 24.9 Å². The molecule has 0 saturated heterocycles. The molecule has 6 nitrogen and oxygen atoms in total. The number of hydrogen-bond donors (Lipinski definition) is 1. The SMILES string of the molecule is Cc1cc(C(=O)CCCNC(=O)OC(C)(C)C)cnc1N(C)C. The van der Waals surface area contributed by atoms with E-state index in [2.05, 4.69) is 10.3 Å². The second-order valence-corrected chi connectivity index (χ2v) is 6.71. The lowest BCUT2D eigenvalue weighted by Gasteiger charge is -2.19. The number of ether oxygens (including phenoxy) is 1. The van der Waals surface area contributed by atoms with Crippen molar-refractivity contribution in [1.82, 2.24) is 10.3 Å². The molecule has 23 heavy (non-hydrogen) atoms. The summed E-state index contributed by atoms with van der Waals surface area (Å²) in [5.41, 5.74) is 1.05. The molecule has 0 spiro atoms. The molecule has 128 valence electrons. The van der Waals surface area contributed by atoms with Crippen molar-refractivity contribution >= 4 is 17.7 Å². The van der Waals surface area contributed by atoms with Crippen LogP contribution < -0.4 is 10.2 Å². The molecule has 0 radical (unpaired) electrons. The number of hydrogen-bond acceptors (Lipinski definition) is 5.